The monoisotopic (exact) mass is 434 g/mol. The van der Waals surface area contributed by atoms with Gasteiger partial charge in [-0.2, -0.15) is 0 Å². The smallest absolute Gasteiger partial charge is 0.261 e. The molecule has 0 radical (unpaired) electrons. The lowest BCUT2D eigenvalue weighted by Gasteiger charge is -2.13. The predicted octanol–water partition coefficient (Wildman–Crippen LogP) is 0.762. The van der Waals surface area contributed by atoms with Crippen molar-refractivity contribution >= 4 is 27.7 Å². The molecule has 3 amide bonds. The molecule has 2 N–H and O–H groups in total. The number of carbonyl (C=O) groups excluding carboxylic acids is 3. The fourth-order valence-electron chi connectivity index (χ4n) is 3.25. The summed E-state index contributed by atoms with van der Waals surface area (Å²) in [6, 6.07) is 6.60. The van der Waals surface area contributed by atoms with E-state index in [2.05, 4.69) is 15.2 Å². The minimum Gasteiger partial charge on any atom is -0.360 e. The second kappa shape index (κ2) is 8.76. The van der Waals surface area contributed by atoms with Gasteiger partial charge in [0.05, 0.1) is 11.1 Å². The largest absolute Gasteiger partial charge is 0.360 e. The molecule has 0 saturated carbocycles. The maximum absolute atomic E-state index is 12.3. The normalized spacial score (nSPS) is 13.6. The maximum atomic E-state index is 12.3. The summed E-state index contributed by atoms with van der Waals surface area (Å²) in [6.45, 7) is 3.26. The van der Waals surface area contributed by atoms with Crippen molar-refractivity contribution in [3.8, 4) is 0 Å². The lowest BCUT2D eigenvalue weighted by Crippen LogP contribution is -2.35. The van der Waals surface area contributed by atoms with Crippen molar-refractivity contribution in [2.45, 2.75) is 31.6 Å². The summed E-state index contributed by atoms with van der Waals surface area (Å²) in [5, 5.41) is 6.21. The van der Waals surface area contributed by atoms with Gasteiger partial charge in [0.25, 0.3) is 11.8 Å². The zero-order chi connectivity index (χ0) is 21.9. The Balaban J connectivity index is 1.39. The first-order valence-corrected chi connectivity index (χ1v) is 10.8. The van der Waals surface area contributed by atoms with Crippen LogP contribution in [0, 0.1) is 13.8 Å². The molecule has 0 unspecified atom stereocenters. The van der Waals surface area contributed by atoms with E-state index in [9.17, 15) is 22.8 Å². The number of amides is 3. The molecule has 3 rings (SSSR count). The summed E-state index contributed by atoms with van der Waals surface area (Å²) >= 11 is 0. The lowest BCUT2D eigenvalue weighted by atomic mass is 10.1. The van der Waals surface area contributed by atoms with E-state index in [-0.39, 0.29) is 60.1 Å². The number of carbonyl (C=O) groups is 3. The third-order valence-electron chi connectivity index (χ3n) is 4.64. The zero-order valence-electron chi connectivity index (χ0n) is 16.6. The van der Waals surface area contributed by atoms with Crippen LogP contribution in [0.1, 0.15) is 45.0 Å². The van der Waals surface area contributed by atoms with Crippen LogP contribution < -0.4 is 10.0 Å². The van der Waals surface area contributed by atoms with Crippen molar-refractivity contribution in [2.24, 2.45) is 0 Å². The molecule has 1 aliphatic rings. The number of nitrogens with zero attached hydrogens (tertiary/aromatic N) is 2. The van der Waals surface area contributed by atoms with E-state index in [4.69, 9.17) is 4.52 Å². The molecule has 0 saturated heterocycles. The molecule has 30 heavy (non-hydrogen) atoms. The van der Waals surface area contributed by atoms with Crippen LogP contribution in [-0.2, 0) is 14.8 Å². The van der Waals surface area contributed by atoms with Gasteiger partial charge in [0, 0.05) is 26.1 Å². The Labute approximate surface area is 173 Å². The van der Waals surface area contributed by atoms with Crippen LogP contribution in [0.4, 0.5) is 0 Å². The Hall–Kier alpha value is -3.05. The van der Waals surface area contributed by atoms with E-state index in [1.165, 1.54) is 13.8 Å². The summed E-state index contributed by atoms with van der Waals surface area (Å²) < 4.78 is 31.8. The Morgan fingerprint density at radius 1 is 1.10 bits per heavy atom. The van der Waals surface area contributed by atoms with E-state index < -0.39 is 10.0 Å². The Kier molecular flexibility index (Phi) is 6.32. The third-order valence-corrected chi connectivity index (χ3v) is 6.34. The van der Waals surface area contributed by atoms with Crippen molar-refractivity contribution < 1.29 is 27.3 Å². The first kappa shape index (κ1) is 21.7. The number of sulfonamides is 1. The highest BCUT2D eigenvalue weighted by molar-refractivity contribution is 7.89. The quantitative estimate of drug-likeness (QED) is 0.439. The number of aryl methyl sites for hydroxylation is 2. The molecule has 1 aliphatic heterocycles. The number of aromatic nitrogens is 1. The van der Waals surface area contributed by atoms with Crippen LogP contribution >= 0.6 is 0 Å². The maximum Gasteiger partial charge on any atom is 0.261 e. The number of hydrogen-bond donors (Lipinski definition) is 2. The summed E-state index contributed by atoms with van der Waals surface area (Å²) in [6.07, 6.45) is 0.409. The number of imide groups is 1. The Morgan fingerprint density at radius 2 is 1.73 bits per heavy atom. The first-order chi connectivity index (χ1) is 14.2. The molecular weight excluding hydrogens is 412 g/mol. The van der Waals surface area contributed by atoms with E-state index >= 15 is 0 Å². The summed E-state index contributed by atoms with van der Waals surface area (Å²) in [4.78, 5) is 37.6. The van der Waals surface area contributed by atoms with Gasteiger partial charge in [-0.25, -0.2) is 13.1 Å². The Bertz CT molecular complexity index is 1040. The highest BCUT2D eigenvalue weighted by Gasteiger charge is 2.34. The highest BCUT2D eigenvalue weighted by Crippen LogP contribution is 2.22. The van der Waals surface area contributed by atoms with Crippen LogP contribution in [0.25, 0.3) is 0 Å². The summed E-state index contributed by atoms with van der Waals surface area (Å²) in [5.41, 5.74) is 1.01. The third kappa shape index (κ3) is 4.41. The number of fused-ring (bicyclic) bond motifs is 1. The van der Waals surface area contributed by atoms with Crippen molar-refractivity contribution in [1.29, 1.82) is 0 Å². The van der Waals surface area contributed by atoms with Gasteiger partial charge in [0.2, 0.25) is 15.9 Å². The average Bonchev–Trinajstić information content (AvgIpc) is 3.17. The molecule has 2 aromatic rings. The number of hydrogen-bond acceptors (Lipinski definition) is 7. The lowest BCUT2D eigenvalue weighted by molar-refractivity contribution is -0.121. The van der Waals surface area contributed by atoms with Gasteiger partial charge in [-0.1, -0.05) is 17.3 Å². The number of rotatable bonds is 9. The van der Waals surface area contributed by atoms with E-state index in [1.54, 1.807) is 24.3 Å². The van der Waals surface area contributed by atoms with Gasteiger partial charge >= 0.3 is 0 Å². The zero-order valence-corrected chi connectivity index (χ0v) is 17.4. The van der Waals surface area contributed by atoms with Gasteiger partial charge in [-0.15, -0.1) is 0 Å². The molecule has 0 atom stereocenters. The molecule has 1 aromatic heterocycles. The molecule has 0 spiro atoms. The molecule has 10 nitrogen and oxygen atoms in total. The second-order valence-corrected chi connectivity index (χ2v) is 8.52. The van der Waals surface area contributed by atoms with Crippen molar-refractivity contribution in [1.82, 2.24) is 20.1 Å². The van der Waals surface area contributed by atoms with Gasteiger partial charge in [-0.3, -0.25) is 19.3 Å². The summed E-state index contributed by atoms with van der Waals surface area (Å²) in [5.74, 6) is -0.824. The number of nitrogens with one attached hydrogen (secondary N) is 2. The van der Waals surface area contributed by atoms with Gasteiger partial charge in [0.1, 0.15) is 10.6 Å². The molecular formula is C19H22N4O6S. The molecule has 1 aromatic carbocycles. The van der Waals surface area contributed by atoms with Gasteiger partial charge in [0.15, 0.2) is 5.76 Å². The molecule has 0 fully saturated rings. The van der Waals surface area contributed by atoms with Crippen LogP contribution in [-0.4, -0.2) is 55.8 Å². The van der Waals surface area contributed by atoms with Gasteiger partial charge in [-0.05, 0) is 32.4 Å². The second-order valence-electron chi connectivity index (χ2n) is 6.81. The van der Waals surface area contributed by atoms with E-state index in [0.717, 1.165) is 4.90 Å². The average molecular weight is 434 g/mol. The molecule has 11 heteroatoms. The topological polar surface area (TPSA) is 139 Å². The fraction of sp³-hybridized carbons (Fsp3) is 0.368. The number of benzene rings is 1. The standard InChI is InChI=1S/C19H22N4O6S/c1-12-17(13(2)29-22-12)30(27,28)21-10-9-20-16(24)8-5-11-23-18(25)14-6-3-4-7-15(14)19(23)26/h3-4,6-7,21H,5,8-11H2,1-2H3,(H,20,24). The van der Waals surface area contributed by atoms with Gasteiger partial charge < -0.3 is 9.84 Å². The Morgan fingerprint density at radius 3 is 2.30 bits per heavy atom. The molecule has 160 valence electrons. The SMILES string of the molecule is Cc1noc(C)c1S(=O)(=O)NCCNC(=O)CCCN1C(=O)c2ccccc2C1=O. The van der Waals surface area contributed by atoms with Crippen molar-refractivity contribution in [3.05, 3.63) is 46.8 Å². The minimum absolute atomic E-state index is 0.00343. The van der Waals surface area contributed by atoms with E-state index in [0.29, 0.717) is 17.5 Å². The molecule has 0 aliphatic carbocycles. The fourth-order valence-corrected chi connectivity index (χ4v) is 4.60. The van der Waals surface area contributed by atoms with Crippen LogP contribution in [0.2, 0.25) is 0 Å². The molecule has 2 heterocycles. The van der Waals surface area contributed by atoms with Crippen LogP contribution in [0.5, 0.6) is 0 Å². The first-order valence-electron chi connectivity index (χ1n) is 9.37. The van der Waals surface area contributed by atoms with Crippen LogP contribution in [0.15, 0.2) is 33.7 Å². The van der Waals surface area contributed by atoms with E-state index in [1.807, 2.05) is 0 Å². The summed E-state index contributed by atoms with van der Waals surface area (Å²) in [7, 11) is -3.78. The minimum atomic E-state index is -3.78. The highest BCUT2D eigenvalue weighted by atomic mass is 32.2. The molecule has 0 bridgehead atoms. The predicted molar refractivity (Wildman–Crippen MR) is 105 cm³/mol. The van der Waals surface area contributed by atoms with Crippen molar-refractivity contribution in [2.75, 3.05) is 19.6 Å². The van der Waals surface area contributed by atoms with Crippen LogP contribution in [0.3, 0.4) is 0 Å². The van der Waals surface area contributed by atoms with Crippen molar-refractivity contribution in [3.63, 3.8) is 0 Å².